The first-order valence-corrected chi connectivity index (χ1v) is 14.6. The molecular weight excluding hydrogens is 542 g/mol. The molecule has 41 heavy (non-hydrogen) atoms. The number of para-hydroxylation sites is 2. The number of benzene rings is 2. The molecule has 0 saturated heterocycles. The van der Waals surface area contributed by atoms with Gasteiger partial charge in [-0.2, -0.15) is 0 Å². The van der Waals surface area contributed by atoms with Crippen molar-refractivity contribution in [2.45, 2.75) is 98.9 Å². The molecule has 2 aromatic carbocycles. The first-order valence-electron chi connectivity index (χ1n) is 14.2. The molecule has 0 heterocycles. The Hall–Kier alpha value is -3.26. The van der Waals surface area contributed by atoms with Crippen LogP contribution in [0, 0.1) is 18.8 Å². The molecule has 0 bridgehead atoms. The highest BCUT2D eigenvalue weighted by Gasteiger charge is 2.41. The van der Waals surface area contributed by atoms with Crippen LogP contribution in [-0.2, 0) is 14.3 Å². The van der Waals surface area contributed by atoms with Crippen LogP contribution in [0.2, 0.25) is 5.02 Å². The van der Waals surface area contributed by atoms with Gasteiger partial charge in [-0.05, 0) is 77.0 Å². The van der Waals surface area contributed by atoms with E-state index in [1.165, 1.54) is 11.0 Å². The van der Waals surface area contributed by atoms with Crippen molar-refractivity contribution in [3.8, 4) is 5.75 Å². The number of nitrogens with zero attached hydrogens (tertiary/aromatic N) is 1. The van der Waals surface area contributed by atoms with Crippen LogP contribution in [-0.4, -0.2) is 45.6 Å². The third-order valence-corrected chi connectivity index (χ3v) is 7.04. The number of aryl methyl sites for hydroxylation is 1. The molecule has 8 nitrogen and oxygen atoms in total. The summed E-state index contributed by atoms with van der Waals surface area (Å²) in [5.74, 6) is -1.08. The minimum atomic E-state index is -1.22. The van der Waals surface area contributed by atoms with Crippen LogP contribution in [0.1, 0.15) is 85.4 Å². The van der Waals surface area contributed by atoms with Crippen LogP contribution >= 0.6 is 11.6 Å². The van der Waals surface area contributed by atoms with Crippen LogP contribution < -0.4 is 10.6 Å². The topological polar surface area (TPSA) is 108 Å². The van der Waals surface area contributed by atoms with Crippen molar-refractivity contribution in [1.82, 2.24) is 10.2 Å². The summed E-state index contributed by atoms with van der Waals surface area (Å²) < 4.78 is 5.45. The number of phenols is 1. The summed E-state index contributed by atoms with van der Waals surface area (Å²) in [6.45, 7) is 16.8. The average molecular weight is 588 g/mol. The quantitative estimate of drug-likeness (QED) is 0.257. The molecule has 0 aromatic heterocycles. The third kappa shape index (κ3) is 9.66. The van der Waals surface area contributed by atoms with Gasteiger partial charge in [-0.15, -0.1) is 0 Å². The van der Waals surface area contributed by atoms with Crippen LogP contribution in [0.5, 0.6) is 5.75 Å². The van der Waals surface area contributed by atoms with Gasteiger partial charge >= 0.3 is 6.09 Å². The predicted octanol–water partition coefficient (Wildman–Crippen LogP) is 7.24. The standard InChI is InChI=1S/C32H46ClN3O5/c1-19(2)17-18-22(6)36(30(39)26(20(3)4)35-31(40)41-32(7,8)9)28(23-14-10-11-16-25(23)37)29(38)34-27-21(5)13-12-15-24(27)33/h10-16,19-20,22,26,28,37H,17-18H2,1-9H3,(H,34,38)(H,35,40). The van der Waals surface area contributed by atoms with Gasteiger partial charge in [-0.1, -0.05) is 69.6 Å². The maximum atomic E-state index is 14.5. The highest BCUT2D eigenvalue weighted by Crippen LogP contribution is 2.35. The van der Waals surface area contributed by atoms with E-state index in [9.17, 15) is 19.5 Å². The second-order valence-corrected chi connectivity index (χ2v) is 12.7. The number of hydrogen-bond acceptors (Lipinski definition) is 5. The summed E-state index contributed by atoms with van der Waals surface area (Å²) in [5, 5.41) is 16.9. The van der Waals surface area contributed by atoms with E-state index in [1.807, 2.05) is 33.8 Å². The molecular formula is C32H46ClN3O5. The van der Waals surface area contributed by atoms with Crippen LogP contribution in [0.4, 0.5) is 10.5 Å². The molecule has 3 atom stereocenters. The van der Waals surface area contributed by atoms with Crippen molar-refractivity contribution in [3.63, 3.8) is 0 Å². The molecule has 0 radical (unpaired) electrons. The van der Waals surface area contributed by atoms with E-state index in [0.29, 0.717) is 23.0 Å². The van der Waals surface area contributed by atoms with Gasteiger partial charge in [-0.25, -0.2) is 4.79 Å². The zero-order chi connectivity index (χ0) is 31.1. The SMILES string of the molecule is Cc1cccc(Cl)c1NC(=O)C(c1ccccc1O)N(C(=O)C(NC(=O)OC(C)(C)C)C(C)C)C(C)CCC(C)C. The fourth-order valence-electron chi connectivity index (χ4n) is 4.54. The number of phenolic OH excluding ortho intramolecular Hbond substituents is 1. The lowest BCUT2D eigenvalue weighted by atomic mass is 9.94. The monoisotopic (exact) mass is 587 g/mol. The van der Waals surface area contributed by atoms with Gasteiger partial charge in [0.1, 0.15) is 23.4 Å². The van der Waals surface area contributed by atoms with Crippen LogP contribution in [0.25, 0.3) is 0 Å². The van der Waals surface area contributed by atoms with Crippen molar-refractivity contribution in [1.29, 1.82) is 0 Å². The van der Waals surface area contributed by atoms with Crippen molar-refractivity contribution in [2.24, 2.45) is 11.8 Å². The summed E-state index contributed by atoms with van der Waals surface area (Å²) in [7, 11) is 0. The van der Waals surface area contributed by atoms with Gasteiger partial charge in [0.2, 0.25) is 5.91 Å². The number of hydrogen-bond donors (Lipinski definition) is 3. The number of alkyl carbamates (subject to hydrolysis) is 1. The predicted molar refractivity (Wildman–Crippen MR) is 164 cm³/mol. The first kappa shape index (κ1) is 33.9. The molecule has 0 aliphatic rings. The Labute approximate surface area is 249 Å². The third-order valence-electron chi connectivity index (χ3n) is 6.72. The lowest BCUT2D eigenvalue weighted by molar-refractivity contribution is -0.144. The smallest absolute Gasteiger partial charge is 0.408 e. The molecule has 0 fully saturated rings. The number of aromatic hydroxyl groups is 1. The Kier molecular flexibility index (Phi) is 12.1. The Morgan fingerprint density at radius 3 is 2.15 bits per heavy atom. The number of anilines is 1. The summed E-state index contributed by atoms with van der Waals surface area (Å²) in [4.78, 5) is 42.9. The molecule has 0 aliphatic heterocycles. The molecule has 2 aromatic rings. The summed E-state index contributed by atoms with van der Waals surface area (Å²) in [5.41, 5.74) is 0.678. The van der Waals surface area contributed by atoms with Crippen LogP contribution in [0.3, 0.4) is 0 Å². The number of carbonyl (C=O) groups excluding carboxylic acids is 3. The highest BCUT2D eigenvalue weighted by molar-refractivity contribution is 6.34. The number of amides is 3. The van der Waals surface area contributed by atoms with Crippen molar-refractivity contribution < 1.29 is 24.2 Å². The molecule has 3 amide bonds. The molecule has 0 saturated carbocycles. The molecule has 0 spiro atoms. The van der Waals surface area contributed by atoms with Gasteiger partial charge in [0, 0.05) is 11.6 Å². The maximum absolute atomic E-state index is 14.5. The zero-order valence-corrected chi connectivity index (χ0v) is 26.5. The van der Waals surface area contributed by atoms with E-state index >= 15 is 0 Å². The lowest BCUT2D eigenvalue weighted by Crippen LogP contribution is -2.56. The van der Waals surface area contributed by atoms with E-state index in [4.69, 9.17) is 16.3 Å². The van der Waals surface area contributed by atoms with E-state index in [0.717, 1.165) is 12.0 Å². The number of nitrogens with one attached hydrogen (secondary N) is 2. The Bertz CT molecular complexity index is 1190. The van der Waals surface area contributed by atoms with Crippen molar-refractivity contribution in [2.75, 3.05) is 5.32 Å². The zero-order valence-electron chi connectivity index (χ0n) is 25.7. The maximum Gasteiger partial charge on any atom is 0.408 e. The Morgan fingerprint density at radius 1 is 0.976 bits per heavy atom. The fourth-order valence-corrected chi connectivity index (χ4v) is 4.81. The number of rotatable bonds is 11. The lowest BCUT2D eigenvalue weighted by Gasteiger charge is -2.39. The van der Waals surface area contributed by atoms with Crippen molar-refractivity contribution in [3.05, 3.63) is 58.6 Å². The number of carbonyl (C=O) groups is 3. The average Bonchev–Trinajstić information content (AvgIpc) is 2.85. The largest absolute Gasteiger partial charge is 0.508 e. The summed E-state index contributed by atoms with van der Waals surface area (Å²) in [6, 6.07) is 9.12. The first-order chi connectivity index (χ1) is 19.0. The van der Waals surface area contributed by atoms with Gasteiger partial charge in [-0.3, -0.25) is 9.59 Å². The van der Waals surface area contributed by atoms with Gasteiger partial charge < -0.3 is 25.4 Å². The minimum Gasteiger partial charge on any atom is -0.508 e. The van der Waals surface area contributed by atoms with E-state index < -0.39 is 41.6 Å². The highest BCUT2D eigenvalue weighted by atomic mass is 35.5. The van der Waals surface area contributed by atoms with Gasteiger partial charge in [0.05, 0.1) is 10.7 Å². The second kappa shape index (κ2) is 14.6. The van der Waals surface area contributed by atoms with Gasteiger partial charge in [0.15, 0.2) is 0 Å². The number of ether oxygens (including phenoxy) is 1. The summed E-state index contributed by atoms with van der Waals surface area (Å²) >= 11 is 6.44. The fraction of sp³-hybridized carbons (Fsp3) is 0.531. The Balaban J connectivity index is 2.67. The Morgan fingerprint density at radius 2 is 1.61 bits per heavy atom. The molecule has 226 valence electrons. The molecule has 0 aliphatic carbocycles. The van der Waals surface area contributed by atoms with E-state index in [-0.39, 0.29) is 17.2 Å². The van der Waals surface area contributed by atoms with E-state index in [2.05, 4.69) is 24.5 Å². The molecule has 9 heteroatoms. The molecule has 3 unspecified atom stereocenters. The second-order valence-electron chi connectivity index (χ2n) is 12.3. The molecule has 2 rings (SSSR count). The van der Waals surface area contributed by atoms with Gasteiger partial charge in [0.25, 0.3) is 5.91 Å². The minimum absolute atomic E-state index is 0.126. The summed E-state index contributed by atoms with van der Waals surface area (Å²) in [6.07, 6.45) is 0.674. The van der Waals surface area contributed by atoms with E-state index in [1.54, 1.807) is 51.1 Å². The normalized spacial score (nSPS) is 13.9. The van der Waals surface area contributed by atoms with Crippen LogP contribution in [0.15, 0.2) is 42.5 Å². The molecule has 3 N–H and O–H groups in total. The van der Waals surface area contributed by atoms with Crippen molar-refractivity contribution >= 4 is 35.2 Å². The number of halogens is 1.